The number of nitrogens with one attached hydrogen (secondary N) is 1. The van der Waals surface area contributed by atoms with E-state index in [1.165, 1.54) is 24.3 Å². The molecule has 0 aliphatic rings. The summed E-state index contributed by atoms with van der Waals surface area (Å²) in [6.07, 6.45) is 1.14. The first kappa shape index (κ1) is 12.0. The van der Waals surface area contributed by atoms with E-state index in [0.717, 1.165) is 6.26 Å². The summed E-state index contributed by atoms with van der Waals surface area (Å²) in [4.78, 5) is 0.258. The van der Waals surface area contributed by atoms with Gasteiger partial charge >= 0.3 is 29.6 Å². The van der Waals surface area contributed by atoms with Crippen LogP contribution < -0.4 is 29.6 Å². The van der Waals surface area contributed by atoms with Crippen molar-refractivity contribution < 1.29 is 38.0 Å². The van der Waals surface area contributed by atoms with E-state index in [2.05, 4.69) is 0 Å². The summed E-state index contributed by atoms with van der Waals surface area (Å²) in [5.41, 5.74) is 7.42. The molecule has 0 saturated heterocycles. The molecule has 0 amide bonds. The van der Waals surface area contributed by atoms with E-state index in [1.807, 2.05) is 0 Å². The van der Waals surface area contributed by atoms with Crippen LogP contribution in [0.2, 0.25) is 0 Å². The van der Waals surface area contributed by atoms with Crippen molar-refractivity contribution in [2.75, 3.05) is 6.26 Å². The Hall–Kier alpha value is -0.0300. The maximum Gasteiger partial charge on any atom is 1.00 e. The van der Waals surface area contributed by atoms with E-state index in [4.69, 9.17) is 5.73 Å². The molecular weight excluding hydrogens is 185 g/mol. The summed E-state index contributed by atoms with van der Waals surface area (Å²) in [5.74, 6) is 0. The summed E-state index contributed by atoms with van der Waals surface area (Å²) in [7, 11) is -3.10. The first-order valence-electron chi connectivity index (χ1n) is 3.02. The van der Waals surface area contributed by atoms with Crippen LogP contribution in [0.1, 0.15) is 0 Å². The Kier molecular flexibility index (Phi) is 4.26. The Bertz CT molecular complexity index is 344. The van der Waals surface area contributed by atoms with Crippen molar-refractivity contribution in [3.63, 3.8) is 0 Å². The van der Waals surface area contributed by atoms with Crippen LogP contribution >= 0.6 is 0 Å². The third-order valence-electron chi connectivity index (χ3n) is 1.28. The van der Waals surface area contributed by atoms with Gasteiger partial charge in [0.15, 0.2) is 9.84 Å². The normalized spacial score (nSPS) is 10.4. The van der Waals surface area contributed by atoms with Crippen molar-refractivity contribution in [2.24, 2.45) is 0 Å². The molecule has 0 bridgehead atoms. The molecule has 1 N–H and O–H groups in total. The van der Waals surface area contributed by atoms with Gasteiger partial charge in [-0.3, -0.25) is 0 Å². The molecule has 0 spiro atoms. The largest absolute Gasteiger partial charge is 1.00 e. The number of rotatable bonds is 1. The average molecular weight is 193 g/mol. The Morgan fingerprint density at radius 1 is 1.17 bits per heavy atom. The van der Waals surface area contributed by atoms with Gasteiger partial charge in [0, 0.05) is 6.26 Å². The van der Waals surface area contributed by atoms with Crippen molar-refractivity contribution >= 4 is 15.5 Å². The van der Waals surface area contributed by atoms with E-state index in [9.17, 15) is 8.42 Å². The molecule has 0 radical (unpaired) electrons. The molecule has 0 fully saturated rings. The molecule has 0 saturated carbocycles. The SMILES string of the molecule is CS(=O)(=O)c1ccc([NH-])cc1.[Na+]. The zero-order valence-electron chi connectivity index (χ0n) is 7.03. The van der Waals surface area contributed by atoms with Gasteiger partial charge in [-0.15, -0.1) is 5.69 Å². The molecule has 12 heavy (non-hydrogen) atoms. The summed E-state index contributed by atoms with van der Waals surface area (Å²) in [5, 5.41) is 0. The van der Waals surface area contributed by atoms with Gasteiger partial charge in [0.25, 0.3) is 0 Å². The molecule has 60 valence electrons. The maximum absolute atomic E-state index is 10.9. The summed E-state index contributed by atoms with van der Waals surface area (Å²) in [6, 6.07) is 5.77. The molecule has 5 heteroatoms. The predicted molar refractivity (Wildman–Crippen MR) is 43.5 cm³/mol. The van der Waals surface area contributed by atoms with Crippen molar-refractivity contribution in [1.29, 1.82) is 0 Å². The Balaban J connectivity index is 0.00000121. The minimum atomic E-state index is -3.10. The minimum absolute atomic E-state index is 0. The van der Waals surface area contributed by atoms with Gasteiger partial charge in [-0.1, -0.05) is 12.1 Å². The van der Waals surface area contributed by atoms with Crippen LogP contribution in [0.25, 0.3) is 5.73 Å². The molecule has 0 aliphatic carbocycles. The van der Waals surface area contributed by atoms with Gasteiger partial charge in [0.2, 0.25) is 0 Å². The molecule has 0 unspecified atom stereocenters. The van der Waals surface area contributed by atoms with Crippen LogP contribution in [0.5, 0.6) is 0 Å². The van der Waals surface area contributed by atoms with E-state index in [-0.39, 0.29) is 34.5 Å². The van der Waals surface area contributed by atoms with Crippen molar-refractivity contribution in [3.05, 3.63) is 30.0 Å². The van der Waals surface area contributed by atoms with E-state index >= 15 is 0 Å². The molecule has 0 aromatic heterocycles. The van der Waals surface area contributed by atoms with Crippen LogP contribution in [-0.2, 0) is 9.84 Å². The second kappa shape index (κ2) is 4.28. The number of hydrogen-bond acceptors (Lipinski definition) is 2. The first-order chi connectivity index (χ1) is 5.00. The maximum atomic E-state index is 10.9. The number of benzene rings is 1. The van der Waals surface area contributed by atoms with E-state index < -0.39 is 9.84 Å². The van der Waals surface area contributed by atoms with Gasteiger partial charge in [-0.05, 0) is 12.1 Å². The molecule has 1 aromatic carbocycles. The molecule has 0 atom stereocenters. The molecular formula is C7H8NNaO2S. The van der Waals surface area contributed by atoms with Crippen molar-refractivity contribution in [2.45, 2.75) is 4.90 Å². The molecule has 1 aromatic rings. The Morgan fingerprint density at radius 2 is 1.58 bits per heavy atom. The quantitative estimate of drug-likeness (QED) is 0.525. The van der Waals surface area contributed by atoms with Crippen molar-refractivity contribution in [1.82, 2.24) is 0 Å². The van der Waals surface area contributed by atoms with Crippen molar-refractivity contribution in [3.8, 4) is 0 Å². The van der Waals surface area contributed by atoms with Crippen LogP contribution in [0.3, 0.4) is 0 Å². The zero-order chi connectivity index (χ0) is 8.48. The fourth-order valence-electron chi connectivity index (χ4n) is 0.702. The summed E-state index contributed by atoms with van der Waals surface area (Å²) < 4.78 is 21.8. The second-order valence-corrected chi connectivity index (χ2v) is 4.31. The van der Waals surface area contributed by atoms with E-state index in [1.54, 1.807) is 0 Å². The predicted octanol–water partition coefficient (Wildman–Crippen LogP) is -1.22. The first-order valence-corrected chi connectivity index (χ1v) is 4.91. The van der Waals surface area contributed by atoms with Crippen LogP contribution in [0.4, 0.5) is 5.69 Å². The number of sulfone groups is 1. The summed E-state index contributed by atoms with van der Waals surface area (Å²) >= 11 is 0. The molecule has 0 heterocycles. The zero-order valence-corrected chi connectivity index (χ0v) is 9.85. The van der Waals surface area contributed by atoms with Crippen LogP contribution in [0, 0.1) is 0 Å². The van der Waals surface area contributed by atoms with Gasteiger partial charge in [-0.2, -0.15) is 0 Å². The third kappa shape index (κ3) is 3.15. The minimum Gasteiger partial charge on any atom is -0.699 e. The second-order valence-electron chi connectivity index (χ2n) is 2.30. The number of hydrogen-bond donors (Lipinski definition) is 0. The molecule has 0 aliphatic heterocycles. The van der Waals surface area contributed by atoms with E-state index in [0.29, 0.717) is 5.69 Å². The van der Waals surface area contributed by atoms with Gasteiger partial charge in [0.05, 0.1) is 4.90 Å². The van der Waals surface area contributed by atoms with Gasteiger partial charge in [-0.25, -0.2) is 8.42 Å². The average Bonchev–Trinajstić information content (AvgIpc) is 1.86. The summed E-state index contributed by atoms with van der Waals surface area (Å²) in [6.45, 7) is 0. The molecule has 3 nitrogen and oxygen atoms in total. The standard InChI is InChI=1S/C7H8NO2S.Na/c1-11(9,10)7-4-2-6(8)3-5-7;/h2-5,8H,1H3;/q-1;+1. The van der Waals surface area contributed by atoms with Gasteiger partial charge < -0.3 is 5.73 Å². The van der Waals surface area contributed by atoms with Crippen LogP contribution in [-0.4, -0.2) is 14.7 Å². The topological polar surface area (TPSA) is 57.9 Å². The fourth-order valence-corrected chi connectivity index (χ4v) is 1.33. The Labute approximate surface area is 94.2 Å². The fraction of sp³-hybridized carbons (Fsp3) is 0.143. The van der Waals surface area contributed by atoms with Crippen LogP contribution in [0.15, 0.2) is 29.2 Å². The molecule has 1 rings (SSSR count). The third-order valence-corrected chi connectivity index (χ3v) is 2.41. The van der Waals surface area contributed by atoms with Gasteiger partial charge in [0.1, 0.15) is 0 Å². The Morgan fingerprint density at radius 3 is 1.92 bits per heavy atom. The monoisotopic (exact) mass is 193 g/mol. The smallest absolute Gasteiger partial charge is 0.699 e.